The van der Waals surface area contributed by atoms with Crippen molar-refractivity contribution in [2.75, 3.05) is 19.6 Å². The summed E-state index contributed by atoms with van der Waals surface area (Å²) >= 11 is 1.25. The summed E-state index contributed by atoms with van der Waals surface area (Å²) < 4.78 is 24.2. The topological polar surface area (TPSA) is 79.7 Å². The number of piperidine rings is 1. The number of likely N-dealkylation sites (tertiary alicyclic amines) is 1. The second kappa shape index (κ2) is 7.93. The van der Waals surface area contributed by atoms with Crippen LogP contribution < -0.4 is 0 Å². The van der Waals surface area contributed by atoms with E-state index in [1.54, 1.807) is 23.7 Å². The van der Waals surface area contributed by atoms with Crippen molar-refractivity contribution in [1.29, 1.82) is 0 Å². The van der Waals surface area contributed by atoms with Gasteiger partial charge in [0.15, 0.2) is 11.5 Å². The molecule has 6 nitrogen and oxygen atoms in total. The summed E-state index contributed by atoms with van der Waals surface area (Å²) in [5.74, 6) is -0.723. The second-order valence-electron chi connectivity index (χ2n) is 7.80. The van der Waals surface area contributed by atoms with Gasteiger partial charge in [0, 0.05) is 56.0 Å². The largest absolute Gasteiger partial charge is 0.457 e. The monoisotopic (exact) mass is 418 g/mol. The SMILES string of the molecule is Cc1c([C@@H](O)CN2CCC(F)(C(=O)Cc3cnsc3)CC2)ccc2c1COC2=O. The summed E-state index contributed by atoms with van der Waals surface area (Å²) in [6, 6.07) is 3.45. The molecule has 1 fully saturated rings. The van der Waals surface area contributed by atoms with Crippen LogP contribution in [0.25, 0.3) is 0 Å². The molecule has 4 rings (SSSR count). The number of cyclic esters (lactones) is 1. The Kier molecular flexibility index (Phi) is 5.50. The number of aromatic nitrogens is 1. The molecule has 0 saturated carbocycles. The maximum Gasteiger partial charge on any atom is 0.338 e. The van der Waals surface area contributed by atoms with E-state index < -0.39 is 17.6 Å². The van der Waals surface area contributed by atoms with E-state index in [4.69, 9.17) is 4.74 Å². The molecule has 1 aromatic heterocycles. The highest BCUT2D eigenvalue weighted by molar-refractivity contribution is 7.03. The number of aliphatic hydroxyl groups excluding tert-OH is 1. The van der Waals surface area contributed by atoms with Crippen LogP contribution in [0.3, 0.4) is 0 Å². The van der Waals surface area contributed by atoms with Crippen LogP contribution in [0.2, 0.25) is 0 Å². The number of hydrogen-bond acceptors (Lipinski definition) is 7. The van der Waals surface area contributed by atoms with Crippen molar-refractivity contribution in [3.8, 4) is 0 Å². The maximum atomic E-state index is 15.1. The van der Waals surface area contributed by atoms with E-state index in [2.05, 4.69) is 4.37 Å². The van der Waals surface area contributed by atoms with Gasteiger partial charge < -0.3 is 14.7 Å². The predicted molar refractivity (Wildman–Crippen MR) is 106 cm³/mol. The van der Waals surface area contributed by atoms with Crippen LogP contribution in [0.15, 0.2) is 23.7 Å². The van der Waals surface area contributed by atoms with Gasteiger partial charge in [-0.3, -0.25) is 4.79 Å². The Morgan fingerprint density at radius 3 is 2.86 bits per heavy atom. The first-order valence-electron chi connectivity index (χ1n) is 9.68. The van der Waals surface area contributed by atoms with Gasteiger partial charge in [-0.1, -0.05) is 6.07 Å². The third-order valence-corrected chi connectivity index (χ3v) is 6.63. The number of β-amino-alcohol motifs (C(OH)–C–C–N with tert-alkyl or cyclic N) is 1. The summed E-state index contributed by atoms with van der Waals surface area (Å²) in [5, 5.41) is 12.5. The second-order valence-corrected chi connectivity index (χ2v) is 8.45. The number of halogens is 1. The minimum absolute atomic E-state index is 0.0741. The molecule has 29 heavy (non-hydrogen) atoms. The number of aliphatic hydroxyl groups is 1. The van der Waals surface area contributed by atoms with E-state index in [-0.39, 0.29) is 31.8 Å². The molecule has 3 heterocycles. The van der Waals surface area contributed by atoms with Gasteiger partial charge >= 0.3 is 5.97 Å². The van der Waals surface area contributed by atoms with Gasteiger partial charge in [0.25, 0.3) is 0 Å². The quantitative estimate of drug-likeness (QED) is 0.727. The summed E-state index contributed by atoms with van der Waals surface area (Å²) in [6.07, 6.45) is 1.18. The summed E-state index contributed by atoms with van der Waals surface area (Å²) in [5.41, 5.74) is 1.92. The smallest absolute Gasteiger partial charge is 0.338 e. The molecule has 0 unspecified atom stereocenters. The minimum Gasteiger partial charge on any atom is -0.457 e. The van der Waals surface area contributed by atoms with Crippen molar-refractivity contribution < 1.29 is 23.8 Å². The number of esters is 1. The van der Waals surface area contributed by atoms with Crippen molar-refractivity contribution in [1.82, 2.24) is 9.27 Å². The molecule has 0 radical (unpaired) electrons. The summed E-state index contributed by atoms with van der Waals surface area (Å²) in [6.45, 7) is 3.28. The molecule has 154 valence electrons. The fourth-order valence-corrected chi connectivity index (χ4v) is 4.63. The Bertz CT molecular complexity index is 923. The molecule has 2 aliphatic rings. The minimum atomic E-state index is -1.81. The molecule has 1 N–H and O–H groups in total. The van der Waals surface area contributed by atoms with Crippen molar-refractivity contribution in [3.63, 3.8) is 0 Å². The standard InChI is InChI=1S/C21H23FN2O4S/c1-13-15(2-3-16-17(13)11-28-20(16)27)18(25)10-24-6-4-21(22,5-7-24)19(26)8-14-9-23-29-12-14/h2-3,9,12,18,25H,4-8,10-11H2,1H3/t18-/m0/s1. The summed E-state index contributed by atoms with van der Waals surface area (Å²) in [7, 11) is 0. The zero-order valence-corrected chi connectivity index (χ0v) is 17.0. The fraction of sp³-hybridized carbons (Fsp3) is 0.476. The van der Waals surface area contributed by atoms with Crippen molar-refractivity contribution in [3.05, 3.63) is 51.5 Å². The van der Waals surface area contributed by atoms with E-state index in [1.807, 2.05) is 11.8 Å². The fourth-order valence-electron chi connectivity index (χ4n) is 4.10. The number of rotatable bonds is 6. The lowest BCUT2D eigenvalue weighted by atomic mass is 9.86. The average molecular weight is 418 g/mol. The Morgan fingerprint density at radius 2 is 2.17 bits per heavy atom. The molecule has 0 bridgehead atoms. The highest BCUT2D eigenvalue weighted by Gasteiger charge is 2.41. The van der Waals surface area contributed by atoms with Crippen molar-refractivity contribution >= 4 is 23.3 Å². The van der Waals surface area contributed by atoms with Crippen LogP contribution in [0.1, 0.15) is 51.6 Å². The maximum absolute atomic E-state index is 15.1. The number of carbonyl (C=O) groups is 2. The normalized spacial score (nSPS) is 19.6. The molecular formula is C21H23FN2O4S. The number of carbonyl (C=O) groups excluding carboxylic acids is 2. The first-order chi connectivity index (χ1) is 13.9. The molecule has 1 atom stereocenters. The molecule has 0 spiro atoms. The highest BCUT2D eigenvalue weighted by Crippen LogP contribution is 2.32. The van der Waals surface area contributed by atoms with Gasteiger partial charge in [0.05, 0.1) is 11.7 Å². The first kappa shape index (κ1) is 20.1. The lowest BCUT2D eigenvalue weighted by Gasteiger charge is -2.36. The lowest BCUT2D eigenvalue weighted by molar-refractivity contribution is -0.133. The lowest BCUT2D eigenvalue weighted by Crippen LogP contribution is -2.48. The molecule has 0 amide bonds. The number of hydrogen-bond donors (Lipinski definition) is 1. The number of benzene rings is 1. The number of nitrogens with zero attached hydrogens (tertiary/aromatic N) is 2. The van der Waals surface area contributed by atoms with Crippen LogP contribution in [0.5, 0.6) is 0 Å². The van der Waals surface area contributed by atoms with Gasteiger partial charge in [-0.25, -0.2) is 13.6 Å². The van der Waals surface area contributed by atoms with Gasteiger partial charge in [-0.05, 0) is 41.2 Å². The van der Waals surface area contributed by atoms with E-state index in [0.29, 0.717) is 25.2 Å². The van der Waals surface area contributed by atoms with Gasteiger partial charge in [0.1, 0.15) is 6.61 Å². The first-order valence-corrected chi connectivity index (χ1v) is 10.5. The number of Topliss-reactive ketones (excluding diaryl/α,β-unsaturated/α-hetero) is 1. The molecular weight excluding hydrogens is 395 g/mol. The van der Waals surface area contributed by atoms with Crippen molar-refractivity contribution in [2.45, 2.75) is 44.6 Å². The Balaban J connectivity index is 1.36. The number of alkyl halides is 1. The van der Waals surface area contributed by atoms with Crippen LogP contribution in [0, 0.1) is 6.92 Å². The van der Waals surface area contributed by atoms with Crippen LogP contribution in [0.4, 0.5) is 4.39 Å². The van der Waals surface area contributed by atoms with Crippen LogP contribution >= 0.6 is 11.5 Å². The number of ether oxygens (including phenoxy) is 1. The molecule has 8 heteroatoms. The molecule has 2 aromatic rings. The highest BCUT2D eigenvalue weighted by atomic mass is 32.1. The zero-order valence-electron chi connectivity index (χ0n) is 16.2. The Hall–Kier alpha value is -2.16. The third kappa shape index (κ3) is 3.97. The predicted octanol–water partition coefficient (Wildman–Crippen LogP) is 2.77. The number of ketones is 1. The summed E-state index contributed by atoms with van der Waals surface area (Å²) in [4.78, 5) is 26.1. The molecule has 0 aliphatic carbocycles. The number of fused-ring (bicyclic) bond motifs is 1. The Labute approximate surface area is 172 Å². The van der Waals surface area contributed by atoms with E-state index in [1.165, 1.54) is 11.5 Å². The van der Waals surface area contributed by atoms with E-state index in [0.717, 1.165) is 22.3 Å². The zero-order chi connectivity index (χ0) is 20.6. The molecule has 1 aromatic carbocycles. The molecule has 1 saturated heterocycles. The van der Waals surface area contributed by atoms with Gasteiger partial charge in [-0.2, -0.15) is 0 Å². The van der Waals surface area contributed by atoms with E-state index >= 15 is 4.39 Å². The van der Waals surface area contributed by atoms with Crippen LogP contribution in [-0.2, 0) is 22.6 Å². The average Bonchev–Trinajstić information content (AvgIpc) is 3.34. The Morgan fingerprint density at radius 1 is 1.41 bits per heavy atom. The third-order valence-electron chi connectivity index (χ3n) is 5.99. The van der Waals surface area contributed by atoms with Crippen molar-refractivity contribution in [2.24, 2.45) is 0 Å². The van der Waals surface area contributed by atoms with E-state index in [9.17, 15) is 14.7 Å². The van der Waals surface area contributed by atoms with Crippen LogP contribution in [-0.4, -0.2) is 51.4 Å². The van der Waals surface area contributed by atoms with Gasteiger partial charge in [-0.15, -0.1) is 0 Å². The molecule has 2 aliphatic heterocycles. The van der Waals surface area contributed by atoms with Gasteiger partial charge in [0.2, 0.25) is 0 Å².